The van der Waals surface area contributed by atoms with Gasteiger partial charge in [-0.05, 0) is 40.6 Å². The zero-order valence-electron chi connectivity index (χ0n) is 10.7. The average molecular weight is 270 g/mol. The smallest absolute Gasteiger partial charge is 0.227 e. The fraction of sp³-hybridized carbons (Fsp3) is 0.200. The summed E-state index contributed by atoms with van der Waals surface area (Å²) < 4.78 is 0. The summed E-state index contributed by atoms with van der Waals surface area (Å²) in [4.78, 5) is 13.8. The van der Waals surface area contributed by atoms with Crippen LogP contribution in [0, 0.1) is 11.3 Å². The lowest BCUT2D eigenvalue weighted by Crippen LogP contribution is -2.29. The molecule has 0 saturated heterocycles. The summed E-state index contributed by atoms with van der Waals surface area (Å²) in [5, 5.41) is 13.0. The zero-order chi connectivity index (χ0) is 13.7. The standard InChI is InChI=1S/C15H14N2OS/c1-2-15(18)17(10-13-6-7-19-11-13)14-5-3-4-12(8-14)9-16/h3-8,11H,2,10H2,1H3. The molecule has 0 radical (unpaired) electrons. The molecule has 19 heavy (non-hydrogen) atoms. The molecule has 0 N–H and O–H groups in total. The topological polar surface area (TPSA) is 44.1 Å². The number of hydrogen-bond acceptors (Lipinski definition) is 3. The lowest BCUT2D eigenvalue weighted by molar-refractivity contribution is -0.118. The molecule has 4 heteroatoms. The Morgan fingerprint density at radius 1 is 1.42 bits per heavy atom. The minimum absolute atomic E-state index is 0.0567. The van der Waals surface area contributed by atoms with Crippen LogP contribution in [0.25, 0.3) is 0 Å². The Hall–Kier alpha value is -2.12. The highest BCUT2D eigenvalue weighted by Gasteiger charge is 2.15. The van der Waals surface area contributed by atoms with Gasteiger partial charge in [0.25, 0.3) is 0 Å². The SMILES string of the molecule is CCC(=O)N(Cc1ccsc1)c1cccc(C#N)c1. The van der Waals surface area contributed by atoms with Crippen molar-refractivity contribution in [3.05, 3.63) is 52.2 Å². The number of benzene rings is 1. The number of thiophene rings is 1. The van der Waals surface area contributed by atoms with Gasteiger partial charge in [-0.25, -0.2) is 0 Å². The number of carbonyl (C=O) groups is 1. The van der Waals surface area contributed by atoms with Crippen LogP contribution in [0.5, 0.6) is 0 Å². The summed E-state index contributed by atoms with van der Waals surface area (Å²) in [5.74, 6) is 0.0567. The minimum Gasteiger partial charge on any atom is -0.308 e. The molecule has 1 amide bonds. The number of anilines is 1. The van der Waals surface area contributed by atoms with Crippen molar-refractivity contribution in [3.8, 4) is 6.07 Å². The molecule has 0 fully saturated rings. The third-order valence-corrected chi connectivity index (χ3v) is 3.54. The van der Waals surface area contributed by atoms with Gasteiger partial charge in [-0.15, -0.1) is 0 Å². The average Bonchev–Trinajstić information content (AvgIpc) is 2.97. The maximum atomic E-state index is 12.1. The first-order chi connectivity index (χ1) is 9.24. The Bertz CT molecular complexity index is 599. The molecule has 1 aromatic heterocycles. The van der Waals surface area contributed by atoms with Crippen molar-refractivity contribution in [1.82, 2.24) is 0 Å². The Morgan fingerprint density at radius 3 is 2.89 bits per heavy atom. The van der Waals surface area contributed by atoms with E-state index in [1.807, 2.05) is 29.8 Å². The lowest BCUT2D eigenvalue weighted by atomic mass is 10.2. The quantitative estimate of drug-likeness (QED) is 0.852. The molecule has 0 atom stereocenters. The number of nitrogens with zero attached hydrogens (tertiary/aromatic N) is 2. The lowest BCUT2D eigenvalue weighted by Gasteiger charge is -2.22. The predicted molar refractivity (Wildman–Crippen MR) is 77.0 cm³/mol. The van der Waals surface area contributed by atoms with Crippen LogP contribution in [0.15, 0.2) is 41.1 Å². The molecule has 2 aromatic rings. The van der Waals surface area contributed by atoms with Gasteiger partial charge in [0, 0.05) is 12.1 Å². The number of nitriles is 1. The van der Waals surface area contributed by atoms with E-state index in [9.17, 15) is 4.79 Å². The number of amides is 1. The van der Waals surface area contributed by atoms with Crippen LogP contribution in [0.2, 0.25) is 0 Å². The molecule has 96 valence electrons. The molecule has 2 rings (SSSR count). The fourth-order valence-corrected chi connectivity index (χ4v) is 2.48. The first-order valence-corrected chi connectivity index (χ1v) is 7.00. The van der Waals surface area contributed by atoms with Crippen molar-refractivity contribution in [2.75, 3.05) is 4.90 Å². The van der Waals surface area contributed by atoms with Crippen molar-refractivity contribution in [2.24, 2.45) is 0 Å². The van der Waals surface area contributed by atoms with E-state index in [-0.39, 0.29) is 5.91 Å². The van der Waals surface area contributed by atoms with Crippen LogP contribution in [0.3, 0.4) is 0 Å². The first kappa shape index (κ1) is 13.3. The summed E-state index contributed by atoms with van der Waals surface area (Å²) in [7, 11) is 0. The van der Waals surface area contributed by atoms with E-state index in [1.165, 1.54) is 0 Å². The molecule has 0 unspecified atom stereocenters. The Labute approximate surface area is 116 Å². The highest BCUT2D eigenvalue weighted by atomic mass is 32.1. The molecular formula is C15H14N2OS. The van der Waals surface area contributed by atoms with E-state index in [0.717, 1.165) is 11.3 Å². The van der Waals surface area contributed by atoms with Gasteiger partial charge in [0.1, 0.15) is 0 Å². The second-order valence-corrected chi connectivity index (χ2v) is 4.91. The van der Waals surface area contributed by atoms with Crippen molar-refractivity contribution >= 4 is 22.9 Å². The van der Waals surface area contributed by atoms with Crippen molar-refractivity contribution in [3.63, 3.8) is 0 Å². The van der Waals surface area contributed by atoms with Crippen LogP contribution < -0.4 is 4.90 Å². The van der Waals surface area contributed by atoms with Crippen LogP contribution in [0.4, 0.5) is 5.69 Å². The van der Waals surface area contributed by atoms with E-state index in [1.54, 1.807) is 34.4 Å². The molecule has 0 bridgehead atoms. The van der Waals surface area contributed by atoms with Gasteiger partial charge in [0.2, 0.25) is 5.91 Å². The molecule has 0 saturated carbocycles. The van der Waals surface area contributed by atoms with E-state index in [2.05, 4.69) is 6.07 Å². The van der Waals surface area contributed by atoms with Gasteiger partial charge in [0.05, 0.1) is 18.2 Å². The van der Waals surface area contributed by atoms with E-state index >= 15 is 0 Å². The predicted octanol–water partition coefficient (Wildman–Crippen LogP) is 3.56. The Morgan fingerprint density at radius 2 is 2.26 bits per heavy atom. The van der Waals surface area contributed by atoms with Gasteiger partial charge in [-0.3, -0.25) is 4.79 Å². The highest BCUT2D eigenvalue weighted by Crippen LogP contribution is 2.20. The van der Waals surface area contributed by atoms with Gasteiger partial charge < -0.3 is 4.90 Å². The van der Waals surface area contributed by atoms with Crippen molar-refractivity contribution < 1.29 is 4.79 Å². The van der Waals surface area contributed by atoms with Crippen LogP contribution in [0.1, 0.15) is 24.5 Å². The van der Waals surface area contributed by atoms with E-state index in [0.29, 0.717) is 18.5 Å². The number of rotatable bonds is 4. The summed E-state index contributed by atoms with van der Waals surface area (Å²) in [6.07, 6.45) is 0.445. The zero-order valence-corrected chi connectivity index (χ0v) is 11.5. The highest BCUT2D eigenvalue weighted by molar-refractivity contribution is 7.07. The summed E-state index contributed by atoms with van der Waals surface area (Å²) in [6.45, 7) is 2.39. The van der Waals surface area contributed by atoms with Crippen molar-refractivity contribution in [2.45, 2.75) is 19.9 Å². The normalized spacial score (nSPS) is 9.89. The van der Waals surface area contributed by atoms with Gasteiger partial charge in [-0.2, -0.15) is 16.6 Å². The third-order valence-electron chi connectivity index (χ3n) is 2.81. The van der Waals surface area contributed by atoms with Crippen LogP contribution in [-0.2, 0) is 11.3 Å². The van der Waals surface area contributed by atoms with Crippen LogP contribution >= 0.6 is 11.3 Å². The molecule has 0 aliphatic heterocycles. The first-order valence-electron chi connectivity index (χ1n) is 6.06. The van der Waals surface area contributed by atoms with Crippen LogP contribution in [-0.4, -0.2) is 5.91 Å². The maximum Gasteiger partial charge on any atom is 0.227 e. The summed E-state index contributed by atoms with van der Waals surface area (Å²) in [5.41, 5.74) is 2.45. The number of carbonyl (C=O) groups excluding carboxylic acids is 1. The Balaban J connectivity index is 2.31. The third kappa shape index (κ3) is 3.21. The monoisotopic (exact) mass is 270 g/mol. The number of hydrogen-bond donors (Lipinski definition) is 0. The maximum absolute atomic E-state index is 12.1. The molecule has 1 heterocycles. The molecule has 0 spiro atoms. The van der Waals surface area contributed by atoms with E-state index in [4.69, 9.17) is 5.26 Å². The second kappa shape index (κ2) is 6.17. The molecule has 0 aliphatic carbocycles. The fourth-order valence-electron chi connectivity index (χ4n) is 1.82. The second-order valence-electron chi connectivity index (χ2n) is 4.13. The summed E-state index contributed by atoms with van der Waals surface area (Å²) in [6, 6.07) is 11.3. The largest absolute Gasteiger partial charge is 0.308 e. The van der Waals surface area contributed by atoms with Crippen molar-refractivity contribution in [1.29, 1.82) is 5.26 Å². The Kier molecular flexibility index (Phi) is 4.32. The molecule has 3 nitrogen and oxygen atoms in total. The van der Waals surface area contributed by atoms with Gasteiger partial charge >= 0.3 is 0 Å². The van der Waals surface area contributed by atoms with Gasteiger partial charge in [-0.1, -0.05) is 13.0 Å². The van der Waals surface area contributed by atoms with E-state index < -0.39 is 0 Å². The molecular weight excluding hydrogens is 256 g/mol. The minimum atomic E-state index is 0.0567. The summed E-state index contributed by atoms with van der Waals surface area (Å²) >= 11 is 1.61. The molecule has 0 aliphatic rings. The molecule has 1 aromatic carbocycles. The van der Waals surface area contributed by atoms with Gasteiger partial charge in [0.15, 0.2) is 0 Å².